The first-order valence-electron chi connectivity index (χ1n) is 13.1. The molecule has 0 atom stereocenters. The molecule has 41 heavy (non-hydrogen) atoms. The Kier molecular flexibility index (Phi) is 8.42. The molecule has 4 aromatic rings. The molecule has 0 radical (unpaired) electrons. The number of thiophene rings is 1. The third-order valence-corrected chi connectivity index (χ3v) is 9.40. The SMILES string of the molecule is COc1ccc(-c2ccncc2)cc1CN(C(=O)c1sc2c(F)ccc(F)c2c1Cl)[C@H]1CC[C@H](N(C)C(=O)O)CC1. The zero-order valence-electron chi connectivity index (χ0n) is 22.4. The van der Waals surface area contributed by atoms with Crippen LogP contribution in [0, 0.1) is 11.6 Å². The van der Waals surface area contributed by atoms with Crippen molar-refractivity contribution in [3.05, 3.63) is 82.0 Å². The van der Waals surface area contributed by atoms with Gasteiger partial charge in [0.05, 0.1) is 22.2 Å². The monoisotopic (exact) mass is 599 g/mol. The maximum absolute atomic E-state index is 14.7. The first-order valence-corrected chi connectivity index (χ1v) is 14.3. The number of amides is 2. The zero-order valence-corrected chi connectivity index (χ0v) is 24.0. The molecule has 2 aromatic heterocycles. The molecule has 11 heteroatoms. The Hall–Kier alpha value is -3.76. The van der Waals surface area contributed by atoms with Crippen molar-refractivity contribution in [2.24, 2.45) is 0 Å². The number of methoxy groups -OCH3 is 1. The summed E-state index contributed by atoms with van der Waals surface area (Å²) in [5.74, 6) is -1.21. The van der Waals surface area contributed by atoms with E-state index in [0.29, 0.717) is 31.4 Å². The molecule has 5 rings (SSSR count). The number of halogens is 3. The Morgan fingerprint density at radius 3 is 2.32 bits per heavy atom. The fourth-order valence-corrected chi connectivity index (χ4v) is 6.96. The van der Waals surface area contributed by atoms with Gasteiger partial charge in [-0.15, -0.1) is 11.3 Å². The van der Waals surface area contributed by atoms with Gasteiger partial charge in [0.2, 0.25) is 0 Å². The van der Waals surface area contributed by atoms with Crippen LogP contribution in [0.3, 0.4) is 0 Å². The molecule has 2 heterocycles. The molecule has 1 aliphatic rings. The third kappa shape index (κ3) is 5.71. The van der Waals surface area contributed by atoms with Crippen LogP contribution in [0.2, 0.25) is 5.02 Å². The summed E-state index contributed by atoms with van der Waals surface area (Å²) in [5, 5.41) is 9.21. The molecule has 1 saturated carbocycles. The topological polar surface area (TPSA) is 83.0 Å². The number of hydrogen-bond acceptors (Lipinski definition) is 5. The van der Waals surface area contributed by atoms with Gasteiger partial charge in [-0.1, -0.05) is 17.7 Å². The first-order chi connectivity index (χ1) is 19.7. The van der Waals surface area contributed by atoms with Crippen LogP contribution in [-0.2, 0) is 6.54 Å². The van der Waals surface area contributed by atoms with Gasteiger partial charge in [0.1, 0.15) is 22.3 Å². The highest BCUT2D eigenvalue weighted by Gasteiger charge is 2.34. The van der Waals surface area contributed by atoms with Crippen molar-refractivity contribution < 1.29 is 28.2 Å². The Morgan fingerprint density at radius 1 is 1.02 bits per heavy atom. The smallest absolute Gasteiger partial charge is 0.407 e. The van der Waals surface area contributed by atoms with Crippen LogP contribution < -0.4 is 4.74 Å². The summed E-state index contributed by atoms with van der Waals surface area (Å²) >= 11 is 7.37. The number of carbonyl (C=O) groups is 2. The van der Waals surface area contributed by atoms with Crippen molar-refractivity contribution in [1.29, 1.82) is 0 Å². The lowest BCUT2D eigenvalue weighted by Gasteiger charge is -2.39. The summed E-state index contributed by atoms with van der Waals surface area (Å²) in [5.41, 5.74) is 2.60. The van der Waals surface area contributed by atoms with Crippen LogP contribution in [0.5, 0.6) is 5.75 Å². The van der Waals surface area contributed by atoms with Crippen LogP contribution >= 0.6 is 22.9 Å². The second kappa shape index (κ2) is 12.0. The van der Waals surface area contributed by atoms with Gasteiger partial charge in [-0.3, -0.25) is 9.78 Å². The molecule has 1 fully saturated rings. The van der Waals surface area contributed by atoms with Gasteiger partial charge in [0, 0.05) is 43.6 Å². The number of pyridine rings is 1. The molecule has 0 unspecified atom stereocenters. The van der Waals surface area contributed by atoms with Crippen molar-refractivity contribution in [3.63, 3.8) is 0 Å². The lowest BCUT2D eigenvalue weighted by Crippen LogP contribution is -2.46. The standard InChI is InChI=1S/C30H28ClF2N3O4S/c1-35(30(38)39)20-4-6-21(7-5-20)36(29(37)28-26(31)25-22(32)8-9-23(33)27(25)41-28)16-19-15-18(3-10-24(19)40-2)17-11-13-34-14-12-17/h3,8-15,20-21H,4-7,16H2,1-2H3,(H,38,39)/t20-,21-. The summed E-state index contributed by atoms with van der Waals surface area (Å²) in [6, 6.07) is 11.1. The van der Waals surface area contributed by atoms with Gasteiger partial charge in [-0.05, 0) is 73.2 Å². The molecule has 0 saturated heterocycles. The molecular formula is C30H28ClF2N3O4S. The predicted molar refractivity (Wildman–Crippen MR) is 155 cm³/mol. The number of rotatable bonds is 7. The minimum atomic E-state index is -1.000. The van der Waals surface area contributed by atoms with E-state index in [4.69, 9.17) is 16.3 Å². The molecule has 0 bridgehead atoms. The molecule has 7 nitrogen and oxygen atoms in total. The number of nitrogens with zero attached hydrogens (tertiary/aromatic N) is 3. The van der Waals surface area contributed by atoms with E-state index < -0.39 is 23.6 Å². The van der Waals surface area contributed by atoms with Crippen molar-refractivity contribution in [1.82, 2.24) is 14.8 Å². The third-order valence-electron chi connectivity index (χ3n) is 7.73. The minimum absolute atomic E-state index is 0.0117. The van der Waals surface area contributed by atoms with E-state index in [1.54, 1.807) is 31.5 Å². The van der Waals surface area contributed by atoms with Gasteiger partial charge in [-0.2, -0.15) is 0 Å². The van der Waals surface area contributed by atoms with Gasteiger partial charge in [-0.25, -0.2) is 13.6 Å². The first kappa shape index (κ1) is 28.8. The quantitative estimate of drug-likeness (QED) is 0.238. The maximum atomic E-state index is 14.7. The molecule has 0 spiro atoms. The number of hydrogen-bond donors (Lipinski definition) is 1. The fourth-order valence-electron chi connectivity index (χ4n) is 5.46. The fraction of sp³-hybridized carbons (Fsp3) is 0.300. The van der Waals surface area contributed by atoms with Gasteiger partial charge >= 0.3 is 6.09 Å². The van der Waals surface area contributed by atoms with Crippen molar-refractivity contribution in [3.8, 4) is 16.9 Å². The molecule has 1 N–H and O–H groups in total. The number of carboxylic acid groups (broad SMARTS) is 1. The van der Waals surface area contributed by atoms with Gasteiger partial charge < -0.3 is 19.6 Å². The molecule has 2 aromatic carbocycles. The van der Waals surface area contributed by atoms with E-state index in [1.807, 2.05) is 30.3 Å². The number of fused-ring (bicyclic) bond motifs is 1. The van der Waals surface area contributed by atoms with E-state index in [0.717, 1.165) is 40.2 Å². The summed E-state index contributed by atoms with van der Waals surface area (Å²) in [6.07, 6.45) is 4.62. The lowest BCUT2D eigenvalue weighted by molar-refractivity contribution is 0.0555. The zero-order chi connectivity index (χ0) is 29.3. The number of carbonyl (C=O) groups excluding carboxylic acids is 1. The van der Waals surface area contributed by atoms with E-state index in [2.05, 4.69) is 4.98 Å². The average Bonchev–Trinajstić information content (AvgIpc) is 3.35. The van der Waals surface area contributed by atoms with Gasteiger partial charge in [0.15, 0.2) is 0 Å². The largest absolute Gasteiger partial charge is 0.496 e. The Morgan fingerprint density at radius 2 is 1.68 bits per heavy atom. The lowest BCUT2D eigenvalue weighted by atomic mass is 9.89. The molecule has 2 amide bonds. The highest BCUT2D eigenvalue weighted by Crippen LogP contribution is 2.41. The summed E-state index contributed by atoms with van der Waals surface area (Å²) in [6.45, 7) is 0.153. The van der Waals surface area contributed by atoms with Crippen molar-refractivity contribution in [2.75, 3.05) is 14.2 Å². The highest BCUT2D eigenvalue weighted by atomic mass is 35.5. The molecule has 1 aliphatic carbocycles. The molecule has 0 aliphatic heterocycles. The maximum Gasteiger partial charge on any atom is 0.407 e. The van der Waals surface area contributed by atoms with E-state index in [1.165, 1.54) is 4.90 Å². The normalized spacial score (nSPS) is 16.9. The molecule has 214 valence electrons. The second-order valence-corrected chi connectivity index (χ2v) is 11.4. The van der Waals surface area contributed by atoms with Crippen LogP contribution in [0.4, 0.5) is 13.6 Å². The predicted octanol–water partition coefficient (Wildman–Crippen LogP) is 7.47. The number of ether oxygens (including phenoxy) is 1. The van der Waals surface area contributed by atoms with E-state index >= 15 is 0 Å². The van der Waals surface area contributed by atoms with Crippen LogP contribution in [0.15, 0.2) is 54.9 Å². The number of benzene rings is 2. The average molecular weight is 600 g/mol. The van der Waals surface area contributed by atoms with Crippen LogP contribution in [0.1, 0.15) is 40.9 Å². The van der Waals surface area contributed by atoms with Crippen LogP contribution in [0.25, 0.3) is 21.2 Å². The second-order valence-electron chi connectivity index (χ2n) is 10.0. The minimum Gasteiger partial charge on any atom is -0.496 e. The molecular weight excluding hydrogens is 572 g/mol. The highest BCUT2D eigenvalue weighted by molar-refractivity contribution is 7.21. The summed E-state index contributed by atoms with van der Waals surface area (Å²) in [4.78, 5) is 32.8. The Labute approximate surface area is 244 Å². The summed E-state index contributed by atoms with van der Waals surface area (Å²) in [7, 11) is 3.10. The summed E-state index contributed by atoms with van der Waals surface area (Å²) < 4.78 is 34.9. The van der Waals surface area contributed by atoms with Crippen LogP contribution in [-0.4, -0.2) is 58.1 Å². The van der Waals surface area contributed by atoms with E-state index in [-0.39, 0.29) is 38.6 Å². The Bertz CT molecular complexity index is 1590. The van der Waals surface area contributed by atoms with E-state index in [9.17, 15) is 23.5 Å². The van der Waals surface area contributed by atoms with Crippen molar-refractivity contribution in [2.45, 2.75) is 44.3 Å². The Balaban J connectivity index is 1.54. The number of aromatic nitrogens is 1. The van der Waals surface area contributed by atoms with Gasteiger partial charge in [0.25, 0.3) is 5.91 Å². The van der Waals surface area contributed by atoms with Crippen molar-refractivity contribution >= 4 is 45.0 Å².